The molecule has 0 unspecified atom stereocenters. The summed E-state index contributed by atoms with van der Waals surface area (Å²) in [4.78, 5) is 28.1. The first kappa shape index (κ1) is 14.5. The standard InChI is InChI=1S/C15H22N2O4/c18-8-7-16-3-5-17(6-4-16)14(19)12-10-1-2-11(9-10)13(12)15(20)21/h1-2,10-13,18H,3-9H2,(H,20,21)/t10-,11-,12-,13+/m0/s1. The van der Waals surface area contributed by atoms with Gasteiger partial charge in [-0.25, -0.2) is 0 Å². The van der Waals surface area contributed by atoms with Gasteiger partial charge in [0, 0.05) is 32.7 Å². The molecule has 0 spiro atoms. The van der Waals surface area contributed by atoms with Crippen LogP contribution < -0.4 is 0 Å². The van der Waals surface area contributed by atoms with Gasteiger partial charge < -0.3 is 15.1 Å². The number of carboxylic acids is 1. The molecule has 0 aromatic rings. The van der Waals surface area contributed by atoms with Crippen LogP contribution in [0.5, 0.6) is 0 Å². The summed E-state index contributed by atoms with van der Waals surface area (Å²) in [5.74, 6) is -1.66. The Morgan fingerprint density at radius 1 is 1.05 bits per heavy atom. The van der Waals surface area contributed by atoms with Gasteiger partial charge in [-0.1, -0.05) is 12.2 Å². The molecule has 6 heteroatoms. The molecule has 116 valence electrons. The molecule has 3 rings (SSSR count). The van der Waals surface area contributed by atoms with E-state index in [-0.39, 0.29) is 30.3 Å². The summed E-state index contributed by atoms with van der Waals surface area (Å²) in [5.41, 5.74) is 0. The molecule has 6 nitrogen and oxygen atoms in total. The maximum atomic E-state index is 12.7. The van der Waals surface area contributed by atoms with Gasteiger partial charge in [0.25, 0.3) is 0 Å². The van der Waals surface area contributed by atoms with E-state index in [2.05, 4.69) is 4.90 Å². The van der Waals surface area contributed by atoms with Gasteiger partial charge in [-0.2, -0.15) is 0 Å². The van der Waals surface area contributed by atoms with Crippen molar-refractivity contribution in [1.29, 1.82) is 0 Å². The van der Waals surface area contributed by atoms with Crippen LogP contribution in [0.1, 0.15) is 6.42 Å². The molecular formula is C15H22N2O4. The molecule has 4 atom stereocenters. The van der Waals surface area contributed by atoms with E-state index < -0.39 is 11.9 Å². The molecular weight excluding hydrogens is 272 g/mol. The normalized spacial score (nSPS) is 35.4. The van der Waals surface area contributed by atoms with Crippen molar-refractivity contribution >= 4 is 11.9 Å². The number of hydrogen-bond donors (Lipinski definition) is 2. The zero-order valence-corrected chi connectivity index (χ0v) is 12.0. The van der Waals surface area contributed by atoms with E-state index in [1.54, 1.807) is 0 Å². The van der Waals surface area contributed by atoms with Crippen LogP contribution >= 0.6 is 0 Å². The summed E-state index contributed by atoms with van der Waals surface area (Å²) >= 11 is 0. The number of carbonyl (C=O) groups is 2. The summed E-state index contributed by atoms with van der Waals surface area (Å²) in [6.45, 7) is 3.52. The minimum absolute atomic E-state index is 0.00268. The lowest BCUT2D eigenvalue weighted by Crippen LogP contribution is -2.52. The van der Waals surface area contributed by atoms with Crippen LogP contribution in [0.2, 0.25) is 0 Å². The third kappa shape index (κ3) is 2.58. The summed E-state index contributed by atoms with van der Waals surface area (Å²) in [6.07, 6.45) is 4.79. The molecule has 0 radical (unpaired) electrons. The number of aliphatic hydroxyl groups excluding tert-OH is 1. The average Bonchev–Trinajstić information content (AvgIpc) is 3.08. The Bertz CT molecular complexity index is 457. The highest BCUT2D eigenvalue weighted by molar-refractivity contribution is 5.87. The summed E-state index contributed by atoms with van der Waals surface area (Å²) in [5, 5.41) is 18.4. The number of carboxylic acid groups (broad SMARTS) is 1. The Balaban J connectivity index is 1.66. The maximum absolute atomic E-state index is 12.7. The van der Waals surface area contributed by atoms with Crippen molar-refractivity contribution in [1.82, 2.24) is 9.80 Å². The Hall–Kier alpha value is -1.40. The second-order valence-electron chi connectivity index (χ2n) is 6.23. The number of aliphatic carboxylic acids is 1. The van der Waals surface area contributed by atoms with Gasteiger partial charge in [0.2, 0.25) is 5.91 Å². The number of amides is 1. The fourth-order valence-corrected chi connectivity index (χ4v) is 4.04. The van der Waals surface area contributed by atoms with E-state index in [1.807, 2.05) is 17.1 Å². The Morgan fingerprint density at radius 3 is 2.24 bits per heavy atom. The van der Waals surface area contributed by atoms with Crippen LogP contribution in [0.3, 0.4) is 0 Å². The Labute approximate surface area is 124 Å². The number of β-amino-alcohol motifs (C(OH)–C–C–N with tert-alkyl or cyclic N) is 1. The number of hydrogen-bond acceptors (Lipinski definition) is 4. The van der Waals surface area contributed by atoms with Crippen molar-refractivity contribution in [2.24, 2.45) is 23.7 Å². The van der Waals surface area contributed by atoms with Crippen molar-refractivity contribution in [3.8, 4) is 0 Å². The third-order valence-electron chi connectivity index (χ3n) is 5.13. The molecule has 21 heavy (non-hydrogen) atoms. The number of carbonyl (C=O) groups excluding carboxylic acids is 1. The van der Waals surface area contributed by atoms with Crippen molar-refractivity contribution in [2.45, 2.75) is 6.42 Å². The molecule has 0 aromatic carbocycles. The quantitative estimate of drug-likeness (QED) is 0.693. The predicted molar refractivity (Wildman–Crippen MR) is 75.5 cm³/mol. The molecule has 2 fully saturated rings. The summed E-state index contributed by atoms with van der Waals surface area (Å²) in [7, 11) is 0. The van der Waals surface area contributed by atoms with Crippen LogP contribution in [-0.4, -0.2) is 71.2 Å². The summed E-state index contributed by atoms with van der Waals surface area (Å²) in [6, 6.07) is 0. The van der Waals surface area contributed by atoms with E-state index >= 15 is 0 Å². The number of rotatable bonds is 4. The number of fused-ring (bicyclic) bond motifs is 2. The Morgan fingerprint density at radius 2 is 1.67 bits per heavy atom. The lowest BCUT2D eigenvalue weighted by Gasteiger charge is -2.37. The van der Waals surface area contributed by atoms with Crippen molar-refractivity contribution in [2.75, 3.05) is 39.3 Å². The van der Waals surface area contributed by atoms with Crippen LogP contribution in [0.4, 0.5) is 0 Å². The number of allylic oxidation sites excluding steroid dienone is 2. The minimum atomic E-state index is -0.843. The SMILES string of the molecule is O=C(O)[C@H]1[C@@H](C(=O)N2CCN(CCO)CC2)[C@H]2C=C[C@H]1C2. The van der Waals surface area contributed by atoms with Crippen molar-refractivity contribution in [3.05, 3.63) is 12.2 Å². The highest BCUT2D eigenvalue weighted by atomic mass is 16.4. The lowest BCUT2D eigenvalue weighted by molar-refractivity contribution is -0.151. The van der Waals surface area contributed by atoms with Crippen molar-refractivity contribution in [3.63, 3.8) is 0 Å². The summed E-state index contributed by atoms with van der Waals surface area (Å²) < 4.78 is 0. The van der Waals surface area contributed by atoms with Gasteiger partial charge in [0.1, 0.15) is 0 Å². The fourth-order valence-electron chi connectivity index (χ4n) is 4.04. The average molecular weight is 294 g/mol. The number of piperazine rings is 1. The lowest BCUT2D eigenvalue weighted by atomic mass is 9.82. The van der Waals surface area contributed by atoms with E-state index in [0.717, 1.165) is 19.5 Å². The Kier molecular flexibility index (Phi) is 3.99. The molecule has 3 aliphatic rings. The van der Waals surface area contributed by atoms with E-state index in [9.17, 15) is 14.7 Å². The van der Waals surface area contributed by atoms with Crippen LogP contribution in [0, 0.1) is 23.7 Å². The van der Waals surface area contributed by atoms with Gasteiger partial charge in [-0.05, 0) is 18.3 Å². The second kappa shape index (κ2) is 5.77. The van der Waals surface area contributed by atoms with Gasteiger partial charge in [0.05, 0.1) is 18.4 Å². The highest BCUT2D eigenvalue weighted by Gasteiger charge is 2.52. The molecule has 1 saturated heterocycles. The molecule has 0 aromatic heterocycles. The smallest absolute Gasteiger partial charge is 0.307 e. The molecule has 1 heterocycles. The first-order chi connectivity index (χ1) is 10.1. The largest absolute Gasteiger partial charge is 0.481 e. The van der Waals surface area contributed by atoms with E-state index in [4.69, 9.17) is 5.11 Å². The topological polar surface area (TPSA) is 81.1 Å². The van der Waals surface area contributed by atoms with E-state index in [1.165, 1.54) is 0 Å². The van der Waals surface area contributed by atoms with Crippen LogP contribution in [0.15, 0.2) is 12.2 Å². The van der Waals surface area contributed by atoms with Crippen LogP contribution in [-0.2, 0) is 9.59 Å². The molecule has 2 N–H and O–H groups in total. The minimum Gasteiger partial charge on any atom is -0.481 e. The molecule has 1 saturated carbocycles. The van der Waals surface area contributed by atoms with Crippen LogP contribution in [0.25, 0.3) is 0 Å². The second-order valence-corrected chi connectivity index (χ2v) is 6.23. The molecule has 1 aliphatic heterocycles. The van der Waals surface area contributed by atoms with Gasteiger partial charge >= 0.3 is 5.97 Å². The van der Waals surface area contributed by atoms with Gasteiger partial charge in [0.15, 0.2) is 0 Å². The van der Waals surface area contributed by atoms with E-state index in [0.29, 0.717) is 19.6 Å². The maximum Gasteiger partial charge on any atom is 0.307 e. The predicted octanol–water partition coefficient (Wildman–Crippen LogP) is -0.354. The first-order valence-electron chi connectivity index (χ1n) is 7.65. The van der Waals surface area contributed by atoms with Gasteiger partial charge in [-0.15, -0.1) is 0 Å². The molecule has 2 bridgehead atoms. The zero-order valence-electron chi connectivity index (χ0n) is 12.0. The van der Waals surface area contributed by atoms with Gasteiger partial charge in [-0.3, -0.25) is 14.5 Å². The fraction of sp³-hybridized carbons (Fsp3) is 0.733. The number of nitrogens with zero attached hydrogens (tertiary/aromatic N) is 2. The first-order valence-corrected chi connectivity index (χ1v) is 7.65. The number of aliphatic hydroxyl groups is 1. The molecule has 2 aliphatic carbocycles. The van der Waals surface area contributed by atoms with Crippen molar-refractivity contribution < 1.29 is 19.8 Å². The monoisotopic (exact) mass is 294 g/mol. The zero-order chi connectivity index (χ0) is 15.0. The molecule has 1 amide bonds. The third-order valence-corrected chi connectivity index (χ3v) is 5.13. The highest BCUT2D eigenvalue weighted by Crippen LogP contribution is 2.48.